The smallest absolute Gasteiger partial charge is 0.299 e. The first-order valence-electron chi connectivity index (χ1n) is 4.51. The lowest BCUT2D eigenvalue weighted by Crippen LogP contribution is -2.24. The fourth-order valence-corrected chi connectivity index (χ4v) is 1.37. The van der Waals surface area contributed by atoms with Crippen molar-refractivity contribution in [3.05, 3.63) is 29.0 Å². The Morgan fingerprint density at radius 2 is 2.31 bits per heavy atom. The number of ether oxygens (including phenoxy) is 1. The highest BCUT2D eigenvalue weighted by molar-refractivity contribution is 6.31. The molecule has 0 aliphatic carbocycles. The van der Waals surface area contributed by atoms with E-state index in [0.717, 1.165) is 0 Å². The highest BCUT2D eigenvalue weighted by Crippen LogP contribution is 2.22. The lowest BCUT2D eigenvalue weighted by atomic mass is 10.3. The molecule has 0 N–H and O–H groups in total. The fourth-order valence-electron chi connectivity index (χ4n) is 1.20. The molecule has 1 saturated heterocycles. The van der Waals surface area contributed by atoms with Crippen LogP contribution in [-0.2, 0) is 9.53 Å². The molecule has 2 rings (SSSR count). The van der Waals surface area contributed by atoms with Crippen molar-refractivity contribution in [2.75, 3.05) is 13.7 Å². The third kappa shape index (κ3) is 1.99. The van der Waals surface area contributed by atoms with Gasteiger partial charge < -0.3 is 4.74 Å². The first-order valence-corrected chi connectivity index (χ1v) is 4.89. The average Bonchev–Trinajstić information content (AvgIpc) is 2.55. The SMILES string of the molecule is CN1C(=O)COC1=Nc1ccc(F)c(Cl)c1. The largest absolute Gasteiger partial charge is 0.454 e. The molecule has 0 atom stereocenters. The van der Waals surface area contributed by atoms with Gasteiger partial charge in [0.25, 0.3) is 11.9 Å². The van der Waals surface area contributed by atoms with Gasteiger partial charge in [-0.25, -0.2) is 4.39 Å². The number of carbonyl (C=O) groups is 1. The number of aliphatic imine (C=N–C) groups is 1. The van der Waals surface area contributed by atoms with Crippen LogP contribution in [0.3, 0.4) is 0 Å². The summed E-state index contributed by atoms with van der Waals surface area (Å²) in [6.45, 7) is -0.0236. The highest BCUT2D eigenvalue weighted by Gasteiger charge is 2.25. The molecule has 4 nitrogen and oxygen atoms in total. The van der Waals surface area contributed by atoms with E-state index in [9.17, 15) is 9.18 Å². The van der Waals surface area contributed by atoms with E-state index >= 15 is 0 Å². The molecule has 0 spiro atoms. The monoisotopic (exact) mass is 242 g/mol. The molecule has 0 unspecified atom stereocenters. The van der Waals surface area contributed by atoms with Gasteiger partial charge in [-0.1, -0.05) is 11.6 Å². The van der Waals surface area contributed by atoms with E-state index in [-0.39, 0.29) is 23.6 Å². The van der Waals surface area contributed by atoms with Gasteiger partial charge in [0, 0.05) is 7.05 Å². The van der Waals surface area contributed by atoms with E-state index in [1.807, 2.05) is 0 Å². The molecule has 1 fully saturated rings. The van der Waals surface area contributed by atoms with E-state index in [1.165, 1.54) is 23.1 Å². The lowest BCUT2D eigenvalue weighted by molar-refractivity contribution is -0.124. The zero-order chi connectivity index (χ0) is 11.7. The number of hydrogen-bond donors (Lipinski definition) is 0. The average molecular weight is 243 g/mol. The first kappa shape index (κ1) is 10.9. The van der Waals surface area contributed by atoms with Crippen LogP contribution in [0.5, 0.6) is 0 Å². The van der Waals surface area contributed by atoms with Crippen molar-refractivity contribution in [3.63, 3.8) is 0 Å². The van der Waals surface area contributed by atoms with Crippen molar-refractivity contribution in [1.29, 1.82) is 0 Å². The molecule has 1 heterocycles. The Balaban J connectivity index is 2.29. The molecule has 6 heteroatoms. The second kappa shape index (κ2) is 4.09. The van der Waals surface area contributed by atoms with Crippen LogP contribution in [0.4, 0.5) is 10.1 Å². The number of amides is 1. The summed E-state index contributed by atoms with van der Waals surface area (Å²) >= 11 is 5.60. The summed E-state index contributed by atoms with van der Waals surface area (Å²) in [6.07, 6.45) is 0. The maximum absolute atomic E-state index is 12.9. The van der Waals surface area contributed by atoms with Crippen molar-refractivity contribution < 1.29 is 13.9 Å². The van der Waals surface area contributed by atoms with Crippen molar-refractivity contribution >= 4 is 29.2 Å². The molecule has 84 valence electrons. The second-order valence-electron chi connectivity index (χ2n) is 3.23. The summed E-state index contributed by atoms with van der Waals surface area (Å²) in [7, 11) is 1.55. The van der Waals surface area contributed by atoms with Gasteiger partial charge in [-0.15, -0.1) is 0 Å². The van der Waals surface area contributed by atoms with Crippen LogP contribution in [0.1, 0.15) is 0 Å². The zero-order valence-electron chi connectivity index (χ0n) is 8.41. The van der Waals surface area contributed by atoms with Gasteiger partial charge in [0.1, 0.15) is 5.82 Å². The Kier molecular flexibility index (Phi) is 2.78. The molecule has 1 aromatic rings. The molecular formula is C10H8ClFN2O2. The lowest BCUT2D eigenvalue weighted by Gasteiger charge is -2.05. The summed E-state index contributed by atoms with van der Waals surface area (Å²) in [4.78, 5) is 16.5. The van der Waals surface area contributed by atoms with Crippen molar-refractivity contribution in [2.24, 2.45) is 4.99 Å². The van der Waals surface area contributed by atoms with Gasteiger partial charge >= 0.3 is 0 Å². The van der Waals surface area contributed by atoms with Gasteiger partial charge in [0.15, 0.2) is 6.61 Å². The molecule has 16 heavy (non-hydrogen) atoms. The number of halogens is 2. The molecular weight excluding hydrogens is 235 g/mol. The Labute approximate surface area is 96.3 Å². The number of benzene rings is 1. The quantitative estimate of drug-likeness (QED) is 0.755. The minimum absolute atomic E-state index is 0.0196. The zero-order valence-corrected chi connectivity index (χ0v) is 9.16. The standard InChI is InChI=1S/C10H8ClFN2O2/c1-14-9(15)5-16-10(14)13-6-2-3-8(12)7(11)4-6/h2-4H,5H2,1H3. The Bertz CT molecular complexity index is 476. The maximum Gasteiger partial charge on any atom is 0.299 e. The second-order valence-corrected chi connectivity index (χ2v) is 3.64. The Hall–Kier alpha value is -1.62. The topological polar surface area (TPSA) is 41.9 Å². The summed E-state index contributed by atoms with van der Waals surface area (Å²) in [5.74, 6) is -0.686. The predicted octanol–water partition coefficient (Wildman–Crippen LogP) is 1.96. The summed E-state index contributed by atoms with van der Waals surface area (Å²) in [5.41, 5.74) is 0.433. The third-order valence-electron chi connectivity index (χ3n) is 2.11. The molecule has 0 aromatic heterocycles. The molecule has 1 aliphatic rings. The summed E-state index contributed by atoms with van der Waals surface area (Å²) < 4.78 is 17.9. The van der Waals surface area contributed by atoms with Gasteiger partial charge in [-0.2, -0.15) is 4.99 Å². The number of hydrogen-bond acceptors (Lipinski definition) is 3. The molecule has 1 aliphatic heterocycles. The van der Waals surface area contributed by atoms with E-state index in [0.29, 0.717) is 5.69 Å². The number of nitrogens with zero attached hydrogens (tertiary/aromatic N) is 2. The molecule has 0 radical (unpaired) electrons. The van der Waals surface area contributed by atoms with Crippen molar-refractivity contribution in [2.45, 2.75) is 0 Å². The maximum atomic E-state index is 12.9. The number of amidine groups is 1. The number of rotatable bonds is 1. The fraction of sp³-hybridized carbons (Fsp3) is 0.200. The Morgan fingerprint density at radius 1 is 1.56 bits per heavy atom. The minimum Gasteiger partial charge on any atom is -0.454 e. The van der Waals surface area contributed by atoms with Crippen LogP contribution in [0.25, 0.3) is 0 Å². The van der Waals surface area contributed by atoms with Crippen LogP contribution >= 0.6 is 11.6 Å². The number of carbonyl (C=O) groups excluding carboxylic acids is 1. The van der Waals surface area contributed by atoms with Crippen molar-refractivity contribution in [1.82, 2.24) is 4.90 Å². The molecule has 0 bridgehead atoms. The Morgan fingerprint density at radius 3 is 2.88 bits per heavy atom. The first-order chi connectivity index (χ1) is 7.58. The number of likely N-dealkylation sites (N-methyl/N-ethyl adjacent to an activating group) is 1. The van der Waals surface area contributed by atoms with E-state index in [1.54, 1.807) is 7.05 Å². The van der Waals surface area contributed by atoms with Crippen LogP contribution < -0.4 is 0 Å². The van der Waals surface area contributed by atoms with Gasteiger partial charge in [-0.3, -0.25) is 9.69 Å². The summed E-state index contributed by atoms with van der Waals surface area (Å²) in [6, 6.07) is 4.21. The molecule has 0 saturated carbocycles. The summed E-state index contributed by atoms with van der Waals surface area (Å²) in [5, 5.41) is -0.0196. The van der Waals surface area contributed by atoms with Gasteiger partial charge in [0.2, 0.25) is 0 Å². The van der Waals surface area contributed by atoms with E-state index in [4.69, 9.17) is 16.3 Å². The third-order valence-corrected chi connectivity index (χ3v) is 2.40. The van der Waals surface area contributed by atoms with Gasteiger partial charge in [0.05, 0.1) is 10.7 Å². The van der Waals surface area contributed by atoms with Crippen LogP contribution in [0.2, 0.25) is 5.02 Å². The van der Waals surface area contributed by atoms with Crippen LogP contribution in [0, 0.1) is 5.82 Å². The van der Waals surface area contributed by atoms with Gasteiger partial charge in [-0.05, 0) is 18.2 Å². The highest BCUT2D eigenvalue weighted by atomic mass is 35.5. The van der Waals surface area contributed by atoms with Crippen molar-refractivity contribution in [3.8, 4) is 0 Å². The molecule has 1 amide bonds. The van der Waals surface area contributed by atoms with Crippen LogP contribution in [0.15, 0.2) is 23.2 Å². The minimum atomic E-state index is -0.512. The molecule has 1 aromatic carbocycles. The normalized spacial score (nSPS) is 18.1. The predicted molar refractivity (Wildman–Crippen MR) is 57.2 cm³/mol. The van der Waals surface area contributed by atoms with E-state index < -0.39 is 5.82 Å². The van der Waals surface area contributed by atoms with Crippen LogP contribution in [-0.4, -0.2) is 30.5 Å². The van der Waals surface area contributed by atoms with E-state index in [2.05, 4.69) is 4.99 Å².